The van der Waals surface area contributed by atoms with Crippen molar-refractivity contribution in [1.82, 2.24) is 9.97 Å². The van der Waals surface area contributed by atoms with Crippen LogP contribution in [0.2, 0.25) is 0 Å². The van der Waals surface area contributed by atoms with E-state index in [4.69, 9.17) is 0 Å². The summed E-state index contributed by atoms with van der Waals surface area (Å²) in [5, 5.41) is 9.42. The second-order valence-corrected chi connectivity index (χ2v) is 4.40. The topological polar surface area (TPSA) is 48.9 Å². The number of benzene rings is 1. The predicted molar refractivity (Wildman–Crippen MR) is 68.7 cm³/mol. The number of aromatic amines is 1. The first-order valence-electron chi connectivity index (χ1n) is 5.62. The molecule has 1 aliphatic carbocycles. The molecule has 1 aromatic heterocycles. The molecule has 0 fully saturated rings. The van der Waals surface area contributed by atoms with Gasteiger partial charge in [0.15, 0.2) is 0 Å². The highest BCUT2D eigenvalue weighted by Crippen LogP contribution is 2.36. The molecule has 90 valence electrons. The summed E-state index contributed by atoms with van der Waals surface area (Å²) < 4.78 is 0. The summed E-state index contributed by atoms with van der Waals surface area (Å²) in [4.78, 5) is 7.18. The summed E-state index contributed by atoms with van der Waals surface area (Å²) in [5.74, 6) is 0.942. The van der Waals surface area contributed by atoms with Crippen molar-refractivity contribution in [3.8, 4) is 5.75 Å². The minimum absolute atomic E-state index is 0. The van der Waals surface area contributed by atoms with Crippen LogP contribution in [0.3, 0.4) is 0 Å². The van der Waals surface area contributed by atoms with Gasteiger partial charge < -0.3 is 10.1 Å². The van der Waals surface area contributed by atoms with E-state index in [1.165, 1.54) is 16.8 Å². The fourth-order valence-corrected chi connectivity index (χ4v) is 2.57. The van der Waals surface area contributed by atoms with Gasteiger partial charge in [0, 0.05) is 11.9 Å². The third-order valence-electron chi connectivity index (χ3n) is 3.35. The van der Waals surface area contributed by atoms with Crippen molar-refractivity contribution in [2.45, 2.75) is 25.2 Å². The first kappa shape index (κ1) is 12.0. The molecule has 1 aliphatic rings. The molecule has 0 spiro atoms. The lowest BCUT2D eigenvalue weighted by Gasteiger charge is -2.09. The van der Waals surface area contributed by atoms with E-state index in [-0.39, 0.29) is 12.4 Å². The summed E-state index contributed by atoms with van der Waals surface area (Å²) in [6.07, 6.45) is 6.86. The van der Waals surface area contributed by atoms with Gasteiger partial charge in [-0.1, -0.05) is 6.07 Å². The fourth-order valence-electron chi connectivity index (χ4n) is 2.57. The molecular formula is C13H15ClN2O. The Balaban J connectivity index is 0.00000108. The molecule has 4 heteroatoms. The zero-order chi connectivity index (χ0) is 11.0. The van der Waals surface area contributed by atoms with E-state index < -0.39 is 0 Å². The Morgan fingerprint density at radius 3 is 3.06 bits per heavy atom. The van der Waals surface area contributed by atoms with Crippen LogP contribution < -0.4 is 0 Å². The Bertz CT molecular complexity index is 496. The quantitative estimate of drug-likeness (QED) is 0.861. The largest absolute Gasteiger partial charge is 0.508 e. The third kappa shape index (κ3) is 2.29. The Kier molecular flexibility index (Phi) is 3.38. The molecule has 0 saturated carbocycles. The molecule has 3 rings (SSSR count). The number of aryl methyl sites for hydroxylation is 1. The summed E-state index contributed by atoms with van der Waals surface area (Å²) in [6, 6.07) is 5.73. The van der Waals surface area contributed by atoms with Crippen molar-refractivity contribution < 1.29 is 5.11 Å². The number of fused-ring (bicyclic) bond motifs is 1. The highest BCUT2D eigenvalue weighted by atomic mass is 35.5. The van der Waals surface area contributed by atoms with Crippen LogP contribution in [0.25, 0.3) is 0 Å². The lowest BCUT2D eigenvalue weighted by molar-refractivity contribution is 0.474. The Hall–Kier alpha value is -1.48. The number of aromatic hydroxyl groups is 1. The molecule has 3 nitrogen and oxygen atoms in total. The number of imidazole rings is 1. The van der Waals surface area contributed by atoms with E-state index in [1.807, 2.05) is 12.3 Å². The van der Waals surface area contributed by atoms with E-state index in [0.29, 0.717) is 11.7 Å². The van der Waals surface area contributed by atoms with Gasteiger partial charge in [0.25, 0.3) is 0 Å². The van der Waals surface area contributed by atoms with E-state index in [0.717, 1.165) is 19.3 Å². The second-order valence-electron chi connectivity index (χ2n) is 4.40. The lowest BCUT2D eigenvalue weighted by Crippen LogP contribution is -1.98. The zero-order valence-electron chi connectivity index (χ0n) is 9.39. The molecule has 1 aromatic carbocycles. The molecule has 0 amide bonds. The van der Waals surface area contributed by atoms with Gasteiger partial charge in [-0.05, 0) is 48.4 Å². The van der Waals surface area contributed by atoms with Crippen LogP contribution in [0, 0.1) is 0 Å². The molecule has 2 N–H and O–H groups in total. The van der Waals surface area contributed by atoms with Crippen LogP contribution in [-0.2, 0) is 12.8 Å². The third-order valence-corrected chi connectivity index (χ3v) is 3.35. The van der Waals surface area contributed by atoms with Gasteiger partial charge in [0.2, 0.25) is 0 Å². The predicted octanol–water partition coefficient (Wildman–Crippen LogP) is 2.81. The van der Waals surface area contributed by atoms with Crippen LogP contribution in [-0.4, -0.2) is 15.1 Å². The lowest BCUT2D eigenvalue weighted by atomic mass is 9.96. The summed E-state index contributed by atoms with van der Waals surface area (Å²) in [7, 11) is 0. The van der Waals surface area contributed by atoms with Crippen LogP contribution in [0.1, 0.15) is 29.2 Å². The summed E-state index contributed by atoms with van der Waals surface area (Å²) in [5.41, 5.74) is 3.86. The van der Waals surface area contributed by atoms with Crippen molar-refractivity contribution in [3.63, 3.8) is 0 Å². The fraction of sp³-hybridized carbons (Fsp3) is 0.308. The maximum absolute atomic E-state index is 9.42. The van der Waals surface area contributed by atoms with Crippen molar-refractivity contribution in [3.05, 3.63) is 47.5 Å². The van der Waals surface area contributed by atoms with Gasteiger partial charge in [-0.25, -0.2) is 4.98 Å². The SMILES string of the molecule is Cl.Oc1ccc2c(c1)CCC2Cc1cnc[nH]1. The van der Waals surface area contributed by atoms with Gasteiger partial charge in [0.05, 0.1) is 6.33 Å². The Labute approximate surface area is 106 Å². The minimum atomic E-state index is 0. The second kappa shape index (κ2) is 4.80. The number of nitrogens with one attached hydrogen (secondary N) is 1. The van der Waals surface area contributed by atoms with Crippen LogP contribution in [0.5, 0.6) is 5.75 Å². The molecule has 1 unspecified atom stereocenters. The average molecular weight is 251 g/mol. The number of H-pyrrole nitrogens is 1. The molecule has 17 heavy (non-hydrogen) atoms. The standard InChI is InChI=1S/C13H14N2O.ClH/c16-12-3-4-13-9(1-2-10(13)6-12)5-11-7-14-8-15-11;/h3-4,6-9,16H,1-2,5H2,(H,14,15);1H. The number of aromatic nitrogens is 2. The average Bonchev–Trinajstić information content (AvgIpc) is 2.89. The molecule has 0 saturated heterocycles. The first-order chi connectivity index (χ1) is 7.83. The number of rotatable bonds is 2. The van der Waals surface area contributed by atoms with Crippen molar-refractivity contribution in [2.75, 3.05) is 0 Å². The van der Waals surface area contributed by atoms with E-state index >= 15 is 0 Å². The monoisotopic (exact) mass is 250 g/mol. The van der Waals surface area contributed by atoms with Crippen molar-refractivity contribution in [1.29, 1.82) is 0 Å². The Morgan fingerprint density at radius 2 is 2.29 bits per heavy atom. The van der Waals surface area contributed by atoms with Gasteiger partial charge in [-0.3, -0.25) is 0 Å². The first-order valence-corrected chi connectivity index (χ1v) is 5.62. The molecule has 1 atom stereocenters. The minimum Gasteiger partial charge on any atom is -0.508 e. The van der Waals surface area contributed by atoms with E-state index in [1.54, 1.807) is 12.4 Å². The van der Waals surface area contributed by atoms with Gasteiger partial charge in [0.1, 0.15) is 5.75 Å². The maximum Gasteiger partial charge on any atom is 0.115 e. The number of phenolic OH excluding ortho intramolecular Hbond substituents is 1. The smallest absolute Gasteiger partial charge is 0.115 e. The van der Waals surface area contributed by atoms with Crippen LogP contribution in [0.4, 0.5) is 0 Å². The van der Waals surface area contributed by atoms with Gasteiger partial charge in [-0.2, -0.15) is 0 Å². The Morgan fingerprint density at radius 1 is 1.41 bits per heavy atom. The highest BCUT2D eigenvalue weighted by Gasteiger charge is 2.23. The maximum atomic E-state index is 9.42. The summed E-state index contributed by atoms with van der Waals surface area (Å²) >= 11 is 0. The highest BCUT2D eigenvalue weighted by molar-refractivity contribution is 5.85. The molecule has 2 aromatic rings. The van der Waals surface area contributed by atoms with E-state index in [2.05, 4.69) is 16.0 Å². The molecule has 0 radical (unpaired) electrons. The molecule has 0 bridgehead atoms. The zero-order valence-corrected chi connectivity index (χ0v) is 10.2. The molecule has 0 aliphatic heterocycles. The van der Waals surface area contributed by atoms with Crippen LogP contribution in [0.15, 0.2) is 30.7 Å². The number of halogens is 1. The van der Waals surface area contributed by atoms with Gasteiger partial charge >= 0.3 is 0 Å². The van der Waals surface area contributed by atoms with Crippen molar-refractivity contribution >= 4 is 12.4 Å². The van der Waals surface area contributed by atoms with E-state index in [9.17, 15) is 5.11 Å². The normalized spacial score (nSPS) is 17.5. The number of phenols is 1. The molecule has 1 heterocycles. The number of nitrogens with zero attached hydrogens (tertiary/aromatic N) is 1. The number of hydrogen-bond donors (Lipinski definition) is 2. The molecular weight excluding hydrogens is 236 g/mol. The number of hydrogen-bond acceptors (Lipinski definition) is 2. The van der Waals surface area contributed by atoms with Gasteiger partial charge in [-0.15, -0.1) is 12.4 Å². The summed E-state index contributed by atoms with van der Waals surface area (Å²) in [6.45, 7) is 0. The van der Waals surface area contributed by atoms with Crippen molar-refractivity contribution in [2.24, 2.45) is 0 Å². The van der Waals surface area contributed by atoms with Crippen LogP contribution >= 0.6 is 12.4 Å².